The van der Waals surface area contributed by atoms with Crippen LogP contribution < -0.4 is 11.1 Å². The predicted molar refractivity (Wildman–Crippen MR) is 99.1 cm³/mol. The number of carbonyl (C=O) groups excluding carboxylic acids is 3. The van der Waals surface area contributed by atoms with Gasteiger partial charge in [-0.25, -0.2) is 9.59 Å². The van der Waals surface area contributed by atoms with Gasteiger partial charge in [-0.2, -0.15) is 0 Å². The number of rotatable bonds is 7. The summed E-state index contributed by atoms with van der Waals surface area (Å²) in [7, 11) is 1.20. The highest BCUT2D eigenvalue weighted by Crippen LogP contribution is 2.40. The molecule has 0 aromatic carbocycles. The van der Waals surface area contributed by atoms with Crippen molar-refractivity contribution in [3.63, 3.8) is 0 Å². The standard InChI is InChI=1S/C16H16N4O9S/c1-27-19-9(7-2-3-8(21)29-7)12(22)18-10-13(23)20-11(15(24)25)6(4-28-16(17)26)5-30-14(10)20/h2-3,10,14,21H,4-5H2,1H3,(H2,17,26)(H,18,22)(H,24,25)/b19-9-/t10-,14-/m1/s1. The third-order valence-corrected chi connectivity index (χ3v) is 5.49. The van der Waals surface area contributed by atoms with Crippen LogP contribution >= 0.6 is 11.8 Å². The summed E-state index contributed by atoms with van der Waals surface area (Å²) in [6.45, 7) is -0.371. The van der Waals surface area contributed by atoms with E-state index >= 15 is 0 Å². The van der Waals surface area contributed by atoms with Crippen LogP contribution in [0.2, 0.25) is 0 Å². The summed E-state index contributed by atoms with van der Waals surface area (Å²) < 4.78 is 9.58. The topological polar surface area (TPSA) is 194 Å². The molecule has 1 aromatic heterocycles. The van der Waals surface area contributed by atoms with Crippen LogP contribution in [0.4, 0.5) is 4.79 Å². The average Bonchev–Trinajstić information content (AvgIpc) is 3.13. The van der Waals surface area contributed by atoms with E-state index < -0.39 is 41.2 Å². The van der Waals surface area contributed by atoms with Crippen LogP contribution in [0.15, 0.2) is 33.0 Å². The van der Waals surface area contributed by atoms with E-state index in [0.717, 1.165) is 4.90 Å². The molecule has 160 valence electrons. The Hall–Kier alpha value is -3.68. The van der Waals surface area contributed by atoms with Crippen molar-refractivity contribution < 1.29 is 43.4 Å². The minimum atomic E-state index is -1.38. The highest BCUT2D eigenvalue weighted by Gasteiger charge is 2.54. The van der Waals surface area contributed by atoms with Crippen LogP contribution in [-0.4, -0.2) is 75.6 Å². The van der Waals surface area contributed by atoms with E-state index in [9.17, 15) is 29.4 Å². The van der Waals surface area contributed by atoms with E-state index in [-0.39, 0.29) is 35.1 Å². The monoisotopic (exact) mass is 440 g/mol. The minimum absolute atomic E-state index is 0.0937. The molecule has 0 spiro atoms. The maximum Gasteiger partial charge on any atom is 0.404 e. The smallest absolute Gasteiger partial charge is 0.404 e. The Bertz CT molecular complexity index is 970. The van der Waals surface area contributed by atoms with Crippen LogP contribution in [0.3, 0.4) is 0 Å². The first kappa shape index (κ1) is 21.0. The number of nitrogens with one attached hydrogen (secondary N) is 1. The molecule has 30 heavy (non-hydrogen) atoms. The molecule has 2 atom stereocenters. The number of aliphatic carboxylic acids is 1. The summed E-state index contributed by atoms with van der Waals surface area (Å²) in [5.41, 5.74) is 4.46. The lowest BCUT2D eigenvalue weighted by Crippen LogP contribution is -2.71. The fraction of sp³-hybridized carbons (Fsp3) is 0.312. The highest BCUT2D eigenvalue weighted by atomic mass is 32.2. The van der Waals surface area contributed by atoms with Gasteiger partial charge >= 0.3 is 12.1 Å². The van der Waals surface area contributed by atoms with Gasteiger partial charge in [0.1, 0.15) is 30.8 Å². The Kier molecular flexibility index (Phi) is 5.86. The molecule has 5 N–H and O–H groups in total. The normalized spacial score (nSPS) is 20.9. The first-order valence-corrected chi connectivity index (χ1v) is 9.32. The Balaban J connectivity index is 1.77. The van der Waals surface area contributed by atoms with Crippen molar-refractivity contribution >= 4 is 41.4 Å². The van der Waals surface area contributed by atoms with Gasteiger partial charge in [0.05, 0.1) is 0 Å². The van der Waals surface area contributed by atoms with Crippen molar-refractivity contribution in [2.24, 2.45) is 10.9 Å². The second-order valence-corrected chi connectivity index (χ2v) is 7.09. The van der Waals surface area contributed by atoms with Crippen molar-refractivity contribution in [3.05, 3.63) is 29.2 Å². The maximum atomic E-state index is 12.6. The molecule has 14 heteroatoms. The second kappa shape index (κ2) is 8.36. The number of carboxylic acids is 1. The lowest BCUT2D eigenvalue weighted by Gasteiger charge is -2.49. The number of primary amides is 1. The largest absolute Gasteiger partial charge is 0.481 e. The average molecular weight is 440 g/mol. The zero-order valence-corrected chi connectivity index (χ0v) is 16.2. The number of carbonyl (C=O) groups is 4. The molecule has 1 fully saturated rings. The van der Waals surface area contributed by atoms with Gasteiger partial charge in [-0.3, -0.25) is 14.5 Å². The number of aromatic hydroxyl groups is 1. The fourth-order valence-corrected chi connectivity index (χ4v) is 4.23. The van der Waals surface area contributed by atoms with Crippen LogP contribution in [0, 0.1) is 0 Å². The highest BCUT2D eigenvalue weighted by molar-refractivity contribution is 8.00. The molecular formula is C16H16N4O9S. The van der Waals surface area contributed by atoms with Crippen molar-refractivity contribution in [1.82, 2.24) is 10.2 Å². The zero-order valence-electron chi connectivity index (χ0n) is 15.4. The number of hydrogen-bond acceptors (Lipinski definition) is 10. The van der Waals surface area contributed by atoms with Gasteiger partial charge in [-0.15, -0.1) is 11.8 Å². The SMILES string of the molecule is CO/N=C(\C(=O)N[C@@H]1C(=O)N2C(C(=O)O)=C(COC(N)=O)CS[C@H]12)c1ccc(O)o1. The molecule has 2 aliphatic heterocycles. The molecule has 0 saturated carbocycles. The maximum absolute atomic E-state index is 12.6. The number of furan rings is 1. The number of fused-ring (bicyclic) bond motifs is 1. The number of nitrogens with two attached hydrogens (primary N) is 1. The van der Waals surface area contributed by atoms with Crippen molar-refractivity contribution in [1.29, 1.82) is 0 Å². The third kappa shape index (κ3) is 3.89. The van der Waals surface area contributed by atoms with Crippen LogP contribution in [0.5, 0.6) is 5.95 Å². The molecule has 0 aliphatic carbocycles. The van der Waals surface area contributed by atoms with E-state index in [2.05, 4.69) is 20.0 Å². The lowest BCUT2D eigenvalue weighted by molar-refractivity contribution is -0.150. The number of ether oxygens (including phenoxy) is 1. The molecule has 3 amide bonds. The van der Waals surface area contributed by atoms with E-state index in [4.69, 9.17) is 10.2 Å². The third-order valence-electron chi connectivity index (χ3n) is 4.15. The first-order valence-electron chi connectivity index (χ1n) is 8.28. The van der Waals surface area contributed by atoms with Gasteiger partial charge in [-0.05, 0) is 6.07 Å². The molecule has 0 unspecified atom stereocenters. The van der Waals surface area contributed by atoms with Crippen LogP contribution in [0.25, 0.3) is 0 Å². The Labute approximate surface area is 172 Å². The quantitative estimate of drug-likeness (QED) is 0.236. The van der Waals surface area contributed by atoms with E-state index in [1.165, 1.54) is 31.0 Å². The summed E-state index contributed by atoms with van der Waals surface area (Å²) in [6, 6.07) is 1.44. The van der Waals surface area contributed by atoms with Gasteiger partial charge in [-0.1, -0.05) is 5.16 Å². The Morgan fingerprint density at radius 3 is 2.73 bits per heavy atom. The predicted octanol–water partition coefficient (Wildman–Crippen LogP) is -0.830. The molecule has 2 aliphatic rings. The molecule has 0 radical (unpaired) electrons. The summed E-state index contributed by atoms with van der Waals surface area (Å²) in [5, 5.41) is 24.1. The number of oxime groups is 1. The van der Waals surface area contributed by atoms with Crippen molar-refractivity contribution in [3.8, 4) is 5.95 Å². The lowest BCUT2D eigenvalue weighted by atomic mass is 10.0. The van der Waals surface area contributed by atoms with Crippen molar-refractivity contribution in [2.45, 2.75) is 11.4 Å². The minimum Gasteiger partial charge on any atom is -0.481 e. The van der Waals surface area contributed by atoms with Crippen LogP contribution in [-0.2, 0) is 24.0 Å². The summed E-state index contributed by atoms with van der Waals surface area (Å²) in [5.74, 6) is -3.28. The van der Waals surface area contributed by atoms with E-state index in [1.54, 1.807) is 0 Å². The molecular weight excluding hydrogens is 424 g/mol. The van der Waals surface area contributed by atoms with Gasteiger partial charge in [0.15, 0.2) is 5.76 Å². The van der Waals surface area contributed by atoms with E-state index in [0.29, 0.717) is 0 Å². The number of nitrogens with zero attached hydrogens (tertiary/aromatic N) is 2. The van der Waals surface area contributed by atoms with Gasteiger partial charge < -0.3 is 35.3 Å². The fourth-order valence-electron chi connectivity index (χ4n) is 2.91. The molecule has 1 saturated heterocycles. The summed E-state index contributed by atoms with van der Waals surface area (Å²) in [4.78, 5) is 53.2. The molecule has 1 aromatic rings. The molecule has 3 rings (SSSR count). The summed E-state index contributed by atoms with van der Waals surface area (Å²) in [6.07, 6.45) is -1.08. The number of hydrogen-bond donors (Lipinski definition) is 4. The Morgan fingerprint density at radius 2 is 2.17 bits per heavy atom. The van der Waals surface area contributed by atoms with Gasteiger partial charge in [0.25, 0.3) is 17.8 Å². The molecule has 13 nitrogen and oxygen atoms in total. The zero-order chi connectivity index (χ0) is 22.0. The van der Waals surface area contributed by atoms with Gasteiger partial charge in [0.2, 0.25) is 5.71 Å². The second-order valence-electron chi connectivity index (χ2n) is 5.99. The number of β-lactam (4-membered cyclic amide) rings is 1. The number of thioether (sulfide) groups is 1. The van der Waals surface area contributed by atoms with Crippen molar-refractivity contribution in [2.75, 3.05) is 19.5 Å². The molecule has 3 heterocycles. The van der Waals surface area contributed by atoms with Gasteiger partial charge in [0, 0.05) is 17.4 Å². The Morgan fingerprint density at radius 1 is 1.43 bits per heavy atom. The first-order chi connectivity index (χ1) is 14.2. The summed E-state index contributed by atoms with van der Waals surface area (Å²) >= 11 is 1.18. The van der Waals surface area contributed by atoms with E-state index in [1.807, 2.05) is 0 Å². The molecule has 0 bridgehead atoms. The number of carboxylic acid groups (broad SMARTS) is 1. The van der Waals surface area contributed by atoms with Crippen LogP contribution in [0.1, 0.15) is 5.76 Å². The number of amides is 3.